The van der Waals surface area contributed by atoms with E-state index in [9.17, 15) is 0 Å². The molecule has 3 heteroatoms. The minimum absolute atomic E-state index is 0. The second-order valence-corrected chi connectivity index (χ2v) is 1.52. The molecule has 0 amide bonds. The van der Waals surface area contributed by atoms with Gasteiger partial charge >= 0.3 is 0 Å². The van der Waals surface area contributed by atoms with E-state index in [0.29, 0.717) is 0 Å². The summed E-state index contributed by atoms with van der Waals surface area (Å²) in [5.74, 6) is 0.176. The van der Waals surface area contributed by atoms with Crippen LogP contribution in [-0.2, 0) is 16.8 Å². The Morgan fingerprint density at radius 3 is 1.67 bits per heavy atom. The number of hydrogen-bond donors (Lipinski definition) is 2. The zero-order chi connectivity index (χ0) is 5.98. The molecule has 1 rings (SSSR count). The maximum Gasteiger partial charge on any atom is 0.119 e. The van der Waals surface area contributed by atoms with Crippen molar-refractivity contribution in [3.8, 4) is 11.5 Å². The molecule has 1 radical (unpaired) electrons. The summed E-state index contributed by atoms with van der Waals surface area (Å²) in [4.78, 5) is 0. The molecule has 0 aliphatic rings. The Balaban J connectivity index is 0.000000640. The van der Waals surface area contributed by atoms with E-state index in [1.807, 2.05) is 0 Å². The van der Waals surface area contributed by atoms with Gasteiger partial charge in [-0.1, -0.05) is 6.07 Å². The van der Waals surface area contributed by atoms with Gasteiger partial charge in [-0.3, -0.25) is 0 Å². The van der Waals surface area contributed by atoms with Crippen molar-refractivity contribution in [3.05, 3.63) is 24.3 Å². The molecule has 0 saturated heterocycles. The van der Waals surface area contributed by atoms with Crippen molar-refractivity contribution in [2.45, 2.75) is 0 Å². The molecule has 51 valence electrons. The van der Waals surface area contributed by atoms with Crippen LogP contribution in [0.1, 0.15) is 0 Å². The molecule has 0 bridgehead atoms. The summed E-state index contributed by atoms with van der Waals surface area (Å²) in [5.41, 5.74) is 0. The van der Waals surface area contributed by atoms with E-state index in [-0.39, 0.29) is 28.3 Å². The average molecular weight is 169 g/mol. The molecule has 0 spiro atoms. The van der Waals surface area contributed by atoms with Crippen molar-refractivity contribution in [1.82, 2.24) is 0 Å². The molecule has 0 fully saturated rings. The van der Waals surface area contributed by atoms with E-state index in [1.165, 1.54) is 18.2 Å². The van der Waals surface area contributed by atoms with Crippen LogP contribution in [0.5, 0.6) is 11.5 Å². The van der Waals surface area contributed by atoms with Gasteiger partial charge in [-0.2, -0.15) is 0 Å². The molecule has 0 aromatic heterocycles. The molecular weight excluding hydrogens is 163 g/mol. The molecule has 1 aromatic carbocycles. The minimum atomic E-state index is 0. The summed E-state index contributed by atoms with van der Waals surface area (Å²) in [6.45, 7) is 0. The average Bonchev–Trinajstić information content (AvgIpc) is 1.64. The van der Waals surface area contributed by atoms with E-state index < -0.39 is 0 Å². The fraction of sp³-hybridized carbons (Fsp3) is 0. The van der Waals surface area contributed by atoms with Gasteiger partial charge in [-0.15, -0.1) is 0 Å². The Labute approximate surface area is 63.3 Å². The van der Waals surface area contributed by atoms with Crippen molar-refractivity contribution in [3.63, 3.8) is 0 Å². The molecular formula is C6H6CoO2. The largest absolute Gasteiger partial charge is 0.508 e. The molecule has 1 aromatic rings. The zero-order valence-electron chi connectivity index (χ0n) is 4.54. The van der Waals surface area contributed by atoms with Crippen LogP contribution in [0.15, 0.2) is 24.3 Å². The normalized spacial score (nSPS) is 8.00. The third-order valence-electron chi connectivity index (χ3n) is 0.830. The van der Waals surface area contributed by atoms with Gasteiger partial charge in [0.1, 0.15) is 11.5 Å². The quantitative estimate of drug-likeness (QED) is 0.610. The van der Waals surface area contributed by atoms with Crippen molar-refractivity contribution >= 4 is 0 Å². The molecule has 9 heavy (non-hydrogen) atoms. The van der Waals surface area contributed by atoms with Crippen LogP contribution in [0.4, 0.5) is 0 Å². The Hall–Kier alpha value is -0.674. The first-order chi connectivity index (χ1) is 3.79. The van der Waals surface area contributed by atoms with Crippen molar-refractivity contribution in [2.24, 2.45) is 0 Å². The van der Waals surface area contributed by atoms with E-state index in [0.717, 1.165) is 0 Å². The second kappa shape index (κ2) is 3.37. The SMILES string of the molecule is Oc1cccc(O)c1.[Co]. The summed E-state index contributed by atoms with van der Waals surface area (Å²) < 4.78 is 0. The second-order valence-electron chi connectivity index (χ2n) is 1.52. The maximum absolute atomic E-state index is 8.65. The van der Waals surface area contributed by atoms with Crippen molar-refractivity contribution in [1.29, 1.82) is 0 Å². The van der Waals surface area contributed by atoms with Crippen molar-refractivity contribution in [2.75, 3.05) is 0 Å². The Kier molecular flexibility index (Phi) is 3.12. The standard InChI is InChI=1S/C6H6O2.Co/c7-5-2-1-3-6(8)4-5;/h1-4,7-8H;. The molecule has 0 aliphatic heterocycles. The van der Waals surface area contributed by atoms with Gasteiger partial charge in [0, 0.05) is 22.8 Å². The molecule has 2 nitrogen and oxygen atoms in total. The monoisotopic (exact) mass is 169 g/mol. The van der Waals surface area contributed by atoms with Gasteiger partial charge in [0.15, 0.2) is 0 Å². The first-order valence-electron chi connectivity index (χ1n) is 2.27. The first kappa shape index (κ1) is 8.33. The van der Waals surface area contributed by atoms with Gasteiger partial charge in [0.25, 0.3) is 0 Å². The van der Waals surface area contributed by atoms with Crippen LogP contribution < -0.4 is 0 Å². The van der Waals surface area contributed by atoms with E-state index >= 15 is 0 Å². The summed E-state index contributed by atoms with van der Waals surface area (Å²) in [7, 11) is 0. The smallest absolute Gasteiger partial charge is 0.119 e. The number of phenolic OH excluding ortho intramolecular Hbond substituents is 2. The van der Waals surface area contributed by atoms with Crippen LogP contribution in [0.25, 0.3) is 0 Å². The van der Waals surface area contributed by atoms with Crippen LogP contribution >= 0.6 is 0 Å². The predicted molar refractivity (Wildman–Crippen MR) is 29.8 cm³/mol. The number of aromatic hydroxyl groups is 2. The molecule has 0 heterocycles. The van der Waals surface area contributed by atoms with Gasteiger partial charge in [0.2, 0.25) is 0 Å². The summed E-state index contributed by atoms with van der Waals surface area (Å²) in [6.07, 6.45) is 0. The number of hydrogen-bond acceptors (Lipinski definition) is 2. The van der Waals surface area contributed by atoms with Crippen LogP contribution in [0.3, 0.4) is 0 Å². The van der Waals surface area contributed by atoms with Crippen LogP contribution in [0.2, 0.25) is 0 Å². The molecule has 0 atom stereocenters. The van der Waals surface area contributed by atoms with Gasteiger partial charge < -0.3 is 10.2 Å². The summed E-state index contributed by atoms with van der Waals surface area (Å²) >= 11 is 0. The Bertz CT molecular complexity index is 171. The molecule has 0 aliphatic carbocycles. The summed E-state index contributed by atoms with van der Waals surface area (Å²) in [5, 5.41) is 17.3. The van der Waals surface area contributed by atoms with E-state index in [2.05, 4.69) is 0 Å². The topological polar surface area (TPSA) is 40.5 Å². The van der Waals surface area contributed by atoms with Crippen LogP contribution in [-0.4, -0.2) is 10.2 Å². The van der Waals surface area contributed by atoms with Gasteiger partial charge in [-0.25, -0.2) is 0 Å². The minimum Gasteiger partial charge on any atom is -0.508 e. The maximum atomic E-state index is 8.65. The van der Waals surface area contributed by atoms with E-state index in [1.54, 1.807) is 6.07 Å². The Morgan fingerprint density at radius 1 is 1.00 bits per heavy atom. The molecule has 0 unspecified atom stereocenters. The first-order valence-corrected chi connectivity index (χ1v) is 2.27. The van der Waals surface area contributed by atoms with Gasteiger partial charge in [-0.05, 0) is 12.1 Å². The predicted octanol–water partition coefficient (Wildman–Crippen LogP) is 1.10. The molecule has 0 saturated carbocycles. The number of phenols is 2. The van der Waals surface area contributed by atoms with E-state index in [4.69, 9.17) is 10.2 Å². The number of benzene rings is 1. The van der Waals surface area contributed by atoms with Crippen molar-refractivity contribution < 1.29 is 27.0 Å². The Morgan fingerprint density at radius 2 is 1.44 bits per heavy atom. The fourth-order valence-electron chi connectivity index (χ4n) is 0.493. The fourth-order valence-corrected chi connectivity index (χ4v) is 0.493. The number of rotatable bonds is 0. The third kappa shape index (κ3) is 2.39. The summed E-state index contributed by atoms with van der Waals surface area (Å²) in [6, 6.07) is 5.85. The van der Waals surface area contributed by atoms with Crippen LogP contribution in [0, 0.1) is 0 Å². The van der Waals surface area contributed by atoms with Gasteiger partial charge in [0.05, 0.1) is 0 Å². The molecule has 2 N–H and O–H groups in total. The zero-order valence-corrected chi connectivity index (χ0v) is 5.58. The third-order valence-corrected chi connectivity index (χ3v) is 0.830.